The van der Waals surface area contributed by atoms with Crippen LogP contribution >= 0.6 is 23.2 Å². The van der Waals surface area contributed by atoms with E-state index in [1.165, 1.54) is 4.90 Å². The average Bonchev–Trinajstić information content (AvgIpc) is 2.97. The highest BCUT2D eigenvalue weighted by atomic mass is 35.5. The molecule has 7 heteroatoms. The summed E-state index contributed by atoms with van der Waals surface area (Å²) < 4.78 is 0. The van der Waals surface area contributed by atoms with Gasteiger partial charge in [-0.1, -0.05) is 43.5 Å². The Morgan fingerprint density at radius 3 is 2.71 bits per heavy atom. The van der Waals surface area contributed by atoms with E-state index in [1.807, 2.05) is 6.92 Å². The summed E-state index contributed by atoms with van der Waals surface area (Å²) in [5.74, 6) is -0.464. The van der Waals surface area contributed by atoms with Gasteiger partial charge in [0.1, 0.15) is 6.04 Å². The molecule has 24 heavy (non-hydrogen) atoms. The zero-order valence-corrected chi connectivity index (χ0v) is 15.5. The van der Waals surface area contributed by atoms with Crippen LogP contribution in [0.1, 0.15) is 38.7 Å². The first-order valence-corrected chi connectivity index (χ1v) is 9.01. The number of amides is 2. The van der Waals surface area contributed by atoms with Gasteiger partial charge in [0.2, 0.25) is 11.8 Å². The average molecular weight is 372 g/mol. The fourth-order valence-electron chi connectivity index (χ4n) is 2.80. The molecule has 1 aromatic carbocycles. The zero-order valence-electron chi connectivity index (χ0n) is 13.9. The number of nitrogens with one attached hydrogen (secondary N) is 1. The topological polar surface area (TPSA) is 75.4 Å². The molecule has 2 rings (SSSR count). The summed E-state index contributed by atoms with van der Waals surface area (Å²) in [6, 6.07) is 2.07. The molecule has 2 atom stereocenters. The van der Waals surface area contributed by atoms with E-state index in [0.717, 1.165) is 18.4 Å². The van der Waals surface area contributed by atoms with Crippen LogP contribution in [0.5, 0.6) is 0 Å². The Morgan fingerprint density at radius 1 is 1.38 bits per heavy atom. The molecule has 0 radical (unpaired) electrons. The van der Waals surface area contributed by atoms with Crippen molar-refractivity contribution in [3.63, 3.8) is 0 Å². The van der Waals surface area contributed by atoms with Crippen molar-refractivity contribution in [3.8, 4) is 0 Å². The standard InChI is InChI=1S/C17H23Cl2N3O2/c1-3-5-8-21-16(23)14-9-10-13(7-6-11(18)15(10)19)22(14)17(24)12(20)4-2/h6-7,12,14H,3-5,8-9,20H2,1-2H3,(H,21,23). The van der Waals surface area contributed by atoms with Gasteiger partial charge < -0.3 is 11.1 Å². The molecule has 0 aliphatic carbocycles. The van der Waals surface area contributed by atoms with E-state index in [1.54, 1.807) is 12.1 Å². The number of hydrogen-bond acceptors (Lipinski definition) is 3. The minimum absolute atomic E-state index is 0.191. The monoisotopic (exact) mass is 371 g/mol. The molecule has 1 heterocycles. The van der Waals surface area contributed by atoms with Crippen LogP contribution in [0.3, 0.4) is 0 Å². The molecule has 0 saturated carbocycles. The Balaban J connectivity index is 2.35. The van der Waals surface area contributed by atoms with Crippen molar-refractivity contribution in [2.45, 2.75) is 51.6 Å². The van der Waals surface area contributed by atoms with Crippen LogP contribution in [0.2, 0.25) is 10.0 Å². The fourth-order valence-corrected chi connectivity index (χ4v) is 3.21. The Labute approximate surface area is 152 Å². The second-order valence-corrected chi connectivity index (χ2v) is 6.73. The number of benzene rings is 1. The molecule has 2 amide bonds. The summed E-state index contributed by atoms with van der Waals surface area (Å²) in [7, 11) is 0. The van der Waals surface area contributed by atoms with E-state index in [9.17, 15) is 9.59 Å². The van der Waals surface area contributed by atoms with Crippen molar-refractivity contribution in [1.82, 2.24) is 5.32 Å². The quantitative estimate of drug-likeness (QED) is 0.754. The maximum atomic E-state index is 12.7. The highest BCUT2D eigenvalue weighted by molar-refractivity contribution is 6.43. The van der Waals surface area contributed by atoms with E-state index < -0.39 is 12.1 Å². The summed E-state index contributed by atoms with van der Waals surface area (Å²) >= 11 is 12.4. The van der Waals surface area contributed by atoms with Gasteiger partial charge in [-0.3, -0.25) is 14.5 Å². The number of hydrogen-bond donors (Lipinski definition) is 2. The molecule has 0 bridgehead atoms. The van der Waals surface area contributed by atoms with Gasteiger partial charge in [0.05, 0.1) is 16.1 Å². The van der Waals surface area contributed by atoms with Crippen LogP contribution in [-0.4, -0.2) is 30.4 Å². The predicted molar refractivity (Wildman–Crippen MR) is 97.6 cm³/mol. The number of unbranched alkanes of at least 4 members (excludes halogenated alkanes) is 1. The van der Waals surface area contributed by atoms with E-state index in [0.29, 0.717) is 35.1 Å². The van der Waals surface area contributed by atoms with Gasteiger partial charge in [0, 0.05) is 18.7 Å². The van der Waals surface area contributed by atoms with Crippen LogP contribution in [0.4, 0.5) is 5.69 Å². The lowest BCUT2D eigenvalue weighted by atomic mass is 10.1. The number of carbonyl (C=O) groups excluding carboxylic acids is 2. The normalized spacial score (nSPS) is 17.5. The second-order valence-electron chi connectivity index (χ2n) is 5.95. The SMILES string of the molecule is CCCCNC(=O)C1Cc2c(ccc(Cl)c2Cl)N1C(=O)C(N)CC. The molecule has 0 saturated heterocycles. The summed E-state index contributed by atoms with van der Waals surface area (Å²) in [5, 5.41) is 3.69. The predicted octanol–water partition coefficient (Wildman–Crippen LogP) is 2.90. The van der Waals surface area contributed by atoms with Gasteiger partial charge in [0.15, 0.2) is 0 Å². The minimum atomic E-state index is -0.656. The van der Waals surface area contributed by atoms with Crippen LogP contribution in [-0.2, 0) is 16.0 Å². The van der Waals surface area contributed by atoms with Crippen LogP contribution in [0.15, 0.2) is 12.1 Å². The van der Waals surface area contributed by atoms with Gasteiger partial charge in [-0.05, 0) is 30.5 Å². The summed E-state index contributed by atoms with van der Waals surface area (Å²) in [4.78, 5) is 26.8. The molecule has 1 aliphatic rings. The molecule has 1 aromatic rings. The lowest BCUT2D eigenvalue weighted by Crippen LogP contribution is -2.53. The fraction of sp³-hybridized carbons (Fsp3) is 0.529. The number of nitrogens with zero attached hydrogens (tertiary/aromatic N) is 1. The molecule has 2 unspecified atom stereocenters. The first kappa shape index (κ1) is 19.0. The molecule has 3 N–H and O–H groups in total. The van der Waals surface area contributed by atoms with E-state index in [4.69, 9.17) is 28.9 Å². The Hall–Kier alpha value is -1.30. The van der Waals surface area contributed by atoms with Gasteiger partial charge in [-0.15, -0.1) is 0 Å². The molecule has 5 nitrogen and oxygen atoms in total. The molecule has 0 aromatic heterocycles. The molecular weight excluding hydrogens is 349 g/mol. The van der Waals surface area contributed by atoms with Crippen molar-refractivity contribution in [2.75, 3.05) is 11.4 Å². The lowest BCUT2D eigenvalue weighted by Gasteiger charge is -2.27. The Kier molecular flexibility index (Phi) is 6.49. The van der Waals surface area contributed by atoms with Gasteiger partial charge in [-0.25, -0.2) is 0 Å². The first-order valence-electron chi connectivity index (χ1n) is 8.25. The summed E-state index contributed by atoms with van der Waals surface area (Å²) in [6.07, 6.45) is 2.71. The second kappa shape index (κ2) is 8.19. The van der Waals surface area contributed by atoms with Gasteiger partial charge in [-0.2, -0.15) is 0 Å². The molecule has 132 valence electrons. The highest BCUT2D eigenvalue weighted by Gasteiger charge is 2.40. The number of halogens is 2. The Morgan fingerprint density at radius 2 is 2.08 bits per heavy atom. The molecule has 1 aliphatic heterocycles. The molecule has 0 spiro atoms. The maximum absolute atomic E-state index is 12.7. The summed E-state index contributed by atoms with van der Waals surface area (Å²) in [6.45, 7) is 4.47. The van der Waals surface area contributed by atoms with Crippen molar-refractivity contribution >= 4 is 40.7 Å². The summed E-state index contributed by atoms with van der Waals surface area (Å²) in [5.41, 5.74) is 7.26. The highest BCUT2D eigenvalue weighted by Crippen LogP contribution is 2.40. The first-order chi connectivity index (χ1) is 11.4. The maximum Gasteiger partial charge on any atom is 0.244 e. The van der Waals surface area contributed by atoms with E-state index in [2.05, 4.69) is 12.2 Å². The van der Waals surface area contributed by atoms with E-state index in [-0.39, 0.29) is 11.8 Å². The van der Waals surface area contributed by atoms with Crippen molar-refractivity contribution < 1.29 is 9.59 Å². The lowest BCUT2D eigenvalue weighted by molar-refractivity contribution is -0.126. The molecular formula is C17H23Cl2N3O2. The van der Waals surface area contributed by atoms with Gasteiger partial charge in [0.25, 0.3) is 0 Å². The minimum Gasteiger partial charge on any atom is -0.354 e. The van der Waals surface area contributed by atoms with Crippen molar-refractivity contribution in [3.05, 3.63) is 27.7 Å². The molecule has 0 fully saturated rings. The van der Waals surface area contributed by atoms with Crippen LogP contribution in [0.25, 0.3) is 0 Å². The van der Waals surface area contributed by atoms with Gasteiger partial charge >= 0.3 is 0 Å². The van der Waals surface area contributed by atoms with Crippen LogP contribution < -0.4 is 16.0 Å². The number of nitrogens with two attached hydrogens (primary N) is 1. The third kappa shape index (κ3) is 3.68. The smallest absolute Gasteiger partial charge is 0.244 e. The van der Waals surface area contributed by atoms with Crippen LogP contribution in [0, 0.1) is 0 Å². The number of rotatable bonds is 6. The number of carbonyl (C=O) groups is 2. The number of anilines is 1. The Bertz CT molecular complexity index is 637. The van der Waals surface area contributed by atoms with Crippen molar-refractivity contribution in [2.24, 2.45) is 5.73 Å². The third-order valence-electron chi connectivity index (χ3n) is 4.27. The third-order valence-corrected chi connectivity index (χ3v) is 5.11. The number of fused-ring (bicyclic) bond motifs is 1. The van der Waals surface area contributed by atoms with E-state index >= 15 is 0 Å². The largest absolute Gasteiger partial charge is 0.354 e. The van der Waals surface area contributed by atoms with Crippen molar-refractivity contribution in [1.29, 1.82) is 0 Å². The zero-order chi connectivity index (χ0) is 17.9.